The van der Waals surface area contributed by atoms with Gasteiger partial charge in [-0.2, -0.15) is 0 Å². The zero-order chi connectivity index (χ0) is 14.9. The predicted molar refractivity (Wildman–Crippen MR) is 83.1 cm³/mol. The first-order valence-electron chi connectivity index (χ1n) is 8.14. The molecule has 1 aromatic heterocycles. The van der Waals surface area contributed by atoms with E-state index in [0.29, 0.717) is 0 Å². The normalized spacial score (nSPS) is 15.0. The molecule has 120 valence electrons. The minimum absolute atomic E-state index is 0.804. The van der Waals surface area contributed by atoms with Crippen LogP contribution in [0.3, 0.4) is 0 Å². The van der Waals surface area contributed by atoms with Gasteiger partial charge >= 0.3 is 0 Å². The van der Waals surface area contributed by atoms with Crippen LogP contribution in [0.25, 0.3) is 0 Å². The lowest BCUT2D eigenvalue weighted by molar-refractivity contribution is 0.102. The summed E-state index contributed by atoms with van der Waals surface area (Å²) in [6, 6.07) is 0. The number of aromatic nitrogens is 3. The van der Waals surface area contributed by atoms with Crippen LogP contribution in [0.5, 0.6) is 0 Å². The van der Waals surface area contributed by atoms with Gasteiger partial charge in [-0.3, -0.25) is 4.68 Å². The van der Waals surface area contributed by atoms with Gasteiger partial charge in [0.1, 0.15) is 0 Å². The van der Waals surface area contributed by atoms with Crippen LogP contribution in [0.1, 0.15) is 31.9 Å². The lowest BCUT2D eigenvalue weighted by atomic mass is 10.4. The Morgan fingerprint density at radius 3 is 3.05 bits per heavy atom. The number of ether oxygens (including phenoxy) is 1. The highest BCUT2D eigenvalue weighted by molar-refractivity contribution is 4.91. The first-order valence-corrected chi connectivity index (χ1v) is 8.14. The summed E-state index contributed by atoms with van der Waals surface area (Å²) in [5, 5.41) is 11.7. The van der Waals surface area contributed by atoms with Gasteiger partial charge in [-0.05, 0) is 38.8 Å². The highest BCUT2D eigenvalue weighted by atomic mass is 16.5. The molecule has 0 aliphatic heterocycles. The van der Waals surface area contributed by atoms with Crippen molar-refractivity contribution < 1.29 is 4.74 Å². The summed E-state index contributed by atoms with van der Waals surface area (Å²) in [5.41, 5.74) is 1.01. The van der Waals surface area contributed by atoms with Crippen molar-refractivity contribution in [3.05, 3.63) is 11.9 Å². The Balaban J connectivity index is 1.53. The summed E-state index contributed by atoms with van der Waals surface area (Å²) in [4.78, 5) is 2.28. The van der Waals surface area contributed by atoms with Crippen LogP contribution in [0, 0.1) is 5.92 Å². The third kappa shape index (κ3) is 7.02. The molecule has 1 aliphatic rings. The fourth-order valence-corrected chi connectivity index (χ4v) is 2.06. The van der Waals surface area contributed by atoms with Crippen LogP contribution in [0.2, 0.25) is 0 Å². The highest BCUT2D eigenvalue weighted by Crippen LogP contribution is 2.28. The topological polar surface area (TPSA) is 55.2 Å². The number of rotatable bonds is 12. The summed E-state index contributed by atoms with van der Waals surface area (Å²) < 4.78 is 7.58. The second-order valence-electron chi connectivity index (χ2n) is 5.97. The van der Waals surface area contributed by atoms with Gasteiger partial charge in [0.25, 0.3) is 0 Å². The summed E-state index contributed by atoms with van der Waals surface area (Å²) in [6.07, 6.45) is 5.89. The van der Waals surface area contributed by atoms with E-state index in [1.807, 2.05) is 10.9 Å². The molecule has 1 N–H and O–H groups in total. The number of nitrogens with zero attached hydrogens (tertiary/aromatic N) is 4. The van der Waals surface area contributed by atoms with Crippen LogP contribution in [0.4, 0.5) is 0 Å². The Morgan fingerprint density at radius 1 is 1.43 bits per heavy atom. The number of likely N-dealkylation sites (N-methyl/N-ethyl adjacent to an activating group) is 1. The van der Waals surface area contributed by atoms with Crippen LogP contribution < -0.4 is 5.32 Å². The largest absolute Gasteiger partial charge is 0.380 e. The van der Waals surface area contributed by atoms with Gasteiger partial charge in [0, 0.05) is 32.4 Å². The Morgan fingerprint density at radius 2 is 2.29 bits per heavy atom. The minimum Gasteiger partial charge on any atom is -0.380 e. The quantitative estimate of drug-likeness (QED) is 0.586. The number of nitrogens with one attached hydrogen (secondary N) is 1. The molecular weight excluding hydrogens is 266 g/mol. The zero-order valence-electron chi connectivity index (χ0n) is 13.4. The average Bonchev–Trinajstić information content (AvgIpc) is 3.20. The molecule has 0 radical (unpaired) electrons. The van der Waals surface area contributed by atoms with Crippen molar-refractivity contribution in [3.8, 4) is 0 Å². The fourth-order valence-electron chi connectivity index (χ4n) is 2.06. The van der Waals surface area contributed by atoms with Crippen LogP contribution in [-0.2, 0) is 17.8 Å². The molecule has 1 heterocycles. The maximum absolute atomic E-state index is 5.65. The first kappa shape index (κ1) is 16.4. The second kappa shape index (κ2) is 9.12. The molecule has 1 aromatic rings. The van der Waals surface area contributed by atoms with Crippen LogP contribution >= 0.6 is 0 Å². The molecule has 1 fully saturated rings. The van der Waals surface area contributed by atoms with E-state index < -0.39 is 0 Å². The SMILES string of the molecule is CCCNCc1cn(CCN(C)CCOCC2CC2)nn1. The first-order chi connectivity index (χ1) is 10.3. The maximum Gasteiger partial charge on any atom is 0.0964 e. The van der Waals surface area contributed by atoms with Crippen molar-refractivity contribution in [2.24, 2.45) is 5.92 Å². The van der Waals surface area contributed by atoms with E-state index in [2.05, 4.69) is 34.5 Å². The Hall–Kier alpha value is -0.980. The van der Waals surface area contributed by atoms with E-state index in [1.54, 1.807) is 0 Å². The summed E-state index contributed by atoms with van der Waals surface area (Å²) >= 11 is 0. The van der Waals surface area contributed by atoms with Gasteiger partial charge in [0.2, 0.25) is 0 Å². The summed E-state index contributed by atoms with van der Waals surface area (Å²) in [7, 11) is 2.13. The van der Waals surface area contributed by atoms with Crippen molar-refractivity contribution in [1.29, 1.82) is 0 Å². The van der Waals surface area contributed by atoms with Gasteiger partial charge in [-0.25, -0.2) is 0 Å². The van der Waals surface area contributed by atoms with Gasteiger partial charge in [0.15, 0.2) is 0 Å². The molecule has 0 saturated heterocycles. The number of hydrogen-bond acceptors (Lipinski definition) is 5. The number of hydrogen-bond donors (Lipinski definition) is 1. The van der Waals surface area contributed by atoms with Crippen molar-refractivity contribution >= 4 is 0 Å². The van der Waals surface area contributed by atoms with E-state index in [9.17, 15) is 0 Å². The van der Waals surface area contributed by atoms with Gasteiger partial charge in [-0.1, -0.05) is 12.1 Å². The Labute approximate surface area is 127 Å². The molecule has 0 unspecified atom stereocenters. The van der Waals surface area contributed by atoms with E-state index in [0.717, 1.165) is 64.0 Å². The summed E-state index contributed by atoms with van der Waals surface area (Å²) in [6.45, 7) is 8.59. The molecular formula is C15H29N5O. The standard InChI is InChI=1S/C15H29N5O/c1-3-6-16-11-15-12-20(18-17-15)8-7-19(2)9-10-21-13-14-4-5-14/h12,14,16H,3-11,13H2,1-2H3. The van der Waals surface area contributed by atoms with Crippen molar-refractivity contribution in [2.75, 3.05) is 39.9 Å². The molecule has 2 rings (SSSR count). The molecule has 0 bridgehead atoms. The fraction of sp³-hybridized carbons (Fsp3) is 0.867. The van der Waals surface area contributed by atoms with E-state index in [4.69, 9.17) is 4.74 Å². The van der Waals surface area contributed by atoms with E-state index in [1.165, 1.54) is 12.8 Å². The molecule has 0 aromatic carbocycles. The minimum atomic E-state index is 0.804. The lowest BCUT2D eigenvalue weighted by Crippen LogP contribution is -2.27. The molecule has 6 heteroatoms. The second-order valence-corrected chi connectivity index (χ2v) is 5.97. The van der Waals surface area contributed by atoms with Gasteiger partial charge < -0.3 is 15.0 Å². The third-order valence-corrected chi connectivity index (χ3v) is 3.70. The van der Waals surface area contributed by atoms with Crippen LogP contribution in [0.15, 0.2) is 6.20 Å². The molecule has 1 saturated carbocycles. The lowest BCUT2D eigenvalue weighted by Gasteiger charge is -2.16. The van der Waals surface area contributed by atoms with E-state index >= 15 is 0 Å². The maximum atomic E-state index is 5.65. The summed E-state index contributed by atoms with van der Waals surface area (Å²) in [5.74, 6) is 0.852. The molecule has 1 aliphatic carbocycles. The molecule has 21 heavy (non-hydrogen) atoms. The van der Waals surface area contributed by atoms with Crippen molar-refractivity contribution in [1.82, 2.24) is 25.2 Å². The monoisotopic (exact) mass is 295 g/mol. The van der Waals surface area contributed by atoms with Crippen molar-refractivity contribution in [2.45, 2.75) is 39.3 Å². The molecule has 0 spiro atoms. The molecule has 0 atom stereocenters. The predicted octanol–water partition coefficient (Wildman–Crippen LogP) is 1.14. The Kier molecular flexibility index (Phi) is 7.12. The van der Waals surface area contributed by atoms with Gasteiger partial charge in [-0.15, -0.1) is 5.10 Å². The molecule has 0 amide bonds. The zero-order valence-corrected chi connectivity index (χ0v) is 13.4. The van der Waals surface area contributed by atoms with Crippen molar-refractivity contribution in [3.63, 3.8) is 0 Å². The molecule has 6 nitrogen and oxygen atoms in total. The Bertz CT molecular complexity index is 391. The van der Waals surface area contributed by atoms with E-state index in [-0.39, 0.29) is 0 Å². The van der Waals surface area contributed by atoms with Gasteiger partial charge in [0.05, 0.1) is 18.8 Å². The third-order valence-electron chi connectivity index (χ3n) is 3.70. The smallest absolute Gasteiger partial charge is 0.0964 e. The highest BCUT2D eigenvalue weighted by Gasteiger charge is 2.20. The van der Waals surface area contributed by atoms with Crippen LogP contribution in [-0.4, -0.2) is 59.8 Å². The average molecular weight is 295 g/mol.